The molecule has 4 nitrogen and oxygen atoms in total. The Labute approximate surface area is 96.0 Å². The quantitative estimate of drug-likeness (QED) is 0.806. The van der Waals surface area contributed by atoms with Gasteiger partial charge in [0.15, 0.2) is 11.5 Å². The third-order valence-corrected chi connectivity index (χ3v) is 2.53. The number of methoxy groups -OCH3 is 2. The molecule has 4 heteroatoms. The summed E-state index contributed by atoms with van der Waals surface area (Å²) in [6, 6.07) is 3.43. The van der Waals surface area contributed by atoms with Gasteiger partial charge in [-0.1, -0.05) is 13.3 Å². The standard InChI is InChI=1S/C12H19NO3/c1-4-5-9(13)8-6-10(15-2)12(14)11(7-8)16-3/h6-7,9,14H,4-5,13H2,1-3H3/t9-/m1/s1. The van der Waals surface area contributed by atoms with E-state index in [1.54, 1.807) is 12.1 Å². The summed E-state index contributed by atoms with van der Waals surface area (Å²) in [5.41, 5.74) is 6.92. The summed E-state index contributed by atoms with van der Waals surface area (Å²) < 4.78 is 10.1. The van der Waals surface area contributed by atoms with E-state index in [-0.39, 0.29) is 11.8 Å². The highest BCUT2D eigenvalue weighted by Crippen LogP contribution is 2.38. The molecule has 0 fully saturated rings. The number of phenolic OH excluding ortho intramolecular Hbond substituents is 1. The normalized spacial score (nSPS) is 12.2. The van der Waals surface area contributed by atoms with Gasteiger partial charge in [-0.3, -0.25) is 0 Å². The highest BCUT2D eigenvalue weighted by Gasteiger charge is 2.14. The van der Waals surface area contributed by atoms with Gasteiger partial charge in [0.25, 0.3) is 0 Å². The lowest BCUT2D eigenvalue weighted by Gasteiger charge is -2.15. The molecule has 1 atom stereocenters. The smallest absolute Gasteiger partial charge is 0.200 e. The lowest BCUT2D eigenvalue weighted by atomic mass is 10.0. The zero-order chi connectivity index (χ0) is 12.1. The van der Waals surface area contributed by atoms with Crippen LogP contribution in [0.25, 0.3) is 0 Å². The molecular formula is C12H19NO3. The van der Waals surface area contributed by atoms with E-state index in [1.807, 2.05) is 0 Å². The predicted molar refractivity (Wildman–Crippen MR) is 63.0 cm³/mol. The van der Waals surface area contributed by atoms with E-state index in [1.165, 1.54) is 14.2 Å². The maximum absolute atomic E-state index is 9.73. The molecular weight excluding hydrogens is 206 g/mol. The molecule has 0 heterocycles. The minimum atomic E-state index is -0.0617. The molecule has 0 bridgehead atoms. The second kappa shape index (κ2) is 5.61. The van der Waals surface area contributed by atoms with E-state index in [0.29, 0.717) is 11.5 Å². The average Bonchev–Trinajstić information content (AvgIpc) is 2.29. The SMILES string of the molecule is CCC[C@@H](N)c1cc(OC)c(O)c(OC)c1. The van der Waals surface area contributed by atoms with Crippen LogP contribution in [0.15, 0.2) is 12.1 Å². The Morgan fingerprint density at radius 1 is 1.25 bits per heavy atom. The minimum absolute atomic E-state index is 0.0115. The maximum atomic E-state index is 9.73. The lowest BCUT2D eigenvalue weighted by Crippen LogP contribution is -2.10. The van der Waals surface area contributed by atoms with Gasteiger partial charge >= 0.3 is 0 Å². The molecule has 0 aliphatic rings. The highest BCUT2D eigenvalue weighted by atomic mass is 16.5. The molecule has 3 N–H and O–H groups in total. The Morgan fingerprint density at radius 3 is 2.12 bits per heavy atom. The number of rotatable bonds is 5. The van der Waals surface area contributed by atoms with Crippen LogP contribution in [0.5, 0.6) is 17.2 Å². The molecule has 90 valence electrons. The van der Waals surface area contributed by atoms with Crippen molar-refractivity contribution in [3.05, 3.63) is 17.7 Å². The van der Waals surface area contributed by atoms with Crippen molar-refractivity contribution in [1.29, 1.82) is 0 Å². The fraction of sp³-hybridized carbons (Fsp3) is 0.500. The maximum Gasteiger partial charge on any atom is 0.200 e. The van der Waals surface area contributed by atoms with Gasteiger partial charge in [-0.15, -0.1) is 0 Å². The number of hydrogen-bond donors (Lipinski definition) is 2. The summed E-state index contributed by atoms with van der Waals surface area (Å²) in [6.07, 6.45) is 1.89. The first kappa shape index (κ1) is 12.6. The van der Waals surface area contributed by atoms with Gasteiger partial charge in [0.05, 0.1) is 14.2 Å². The van der Waals surface area contributed by atoms with Crippen LogP contribution in [0.4, 0.5) is 0 Å². The largest absolute Gasteiger partial charge is 0.502 e. The summed E-state index contributed by atoms with van der Waals surface area (Å²) in [5.74, 6) is 0.791. The third-order valence-electron chi connectivity index (χ3n) is 2.53. The summed E-state index contributed by atoms with van der Waals surface area (Å²) >= 11 is 0. The number of nitrogens with two attached hydrogens (primary N) is 1. The number of hydrogen-bond acceptors (Lipinski definition) is 4. The Balaban J connectivity index is 3.11. The van der Waals surface area contributed by atoms with E-state index in [0.717, 1.165) is 18.4 Å². The van der Waals surface area contributed by atoms with Crippen molar-refractivity contribution in [1.82, 2.24) is 0 Å². The van der Waals surface area contributed by atoms with Crippen molar-refractivity contribution in [3.8, 4) is 17.2 Å². The average molecular weight is 225 g/mol. The van der Waals surface area contributed by atoms with Crippen LogP contribution in [0.3, 0.4) is 0 Å². The molecule has 0 radical (unpaired) electrons. The second-order valence-corrected chi connectivity index (χ2v) is 3.67. The molecule has 0 aliphatic heterocycles. The van der Waals surface area contributed by atoms with Gasteiger partial charge in [-0.2, -0.15) is 0 Å². The molecule has 0 saturated heterocycles. The van der Waals surface area contributed by atoms with Crippen LogP contribution in [0.1, 0.15) is 31.4 Å². The third kappa shape index (κ3) is 2.58. The topological polar surface area (TPSA) is 64.7 Å². The monoisotopic (exact) mass is 225 g/mol. The first-order chi connectivity index (χ1) is 7.63. The molecule has 1 aromatic carbocycles. The summed E-state index contributed by atoms with van der Waals surface area (Å²) in [4.78, 5) is 0. The first-order valence-electron chi connectivity index (χ1n) is 5.34. The molecule has 0 amide bonds. The van der Waals surface area contributed by atoms with Gasteiger partial charge in [-0.25, -0.2) is 0 Å². The Kier molecular flexibility index (Phi) is 4.43. The van der Waals surface area contributed by atoms with E-state index in [9.17, 15) is 5.11 Å². The lowest BCUT2D eigenvalue weighted by molar-refractivity contribution is 0.338. The Bertz CT molecular complexity index is 327. The zero-order valence-electron chi connectivity index (χ0n) is 9.99. The van der Waals surface area contributed by atoms with E-state index in [4.69, 9.17) is 15.2 Å². The van der Waals surface area contributed by atoms with Crippen LogP contribution in [0, 0.1) is 0 Å². The molecule has 1 aromatic rings. The summed E-state index contributed by atoms with van der Waals surface area (Å²) in [5, 5.41) is 9.73. The van der Waals surface area contributed by atoms with Crippen LogP contribution in [-0.4, -0.2) is 19.3 Å². The van der Waals surface area contributed by atoms with E-state index >= 15 is 0 Å². The zero-order valence-corrected chi connectivity index (χ0v) is 9.99. The molecule has 0 aliphatic carbocycles. The van der Waals surface area contributed by atoms with Crippen molar-refractivity contribution >= 4 is 0 Å². The van der Waals surface area contributed by atoms with Gasteiger partial charge in [0.1, 0.15) is 0 Å². The van der Waals surface area contributed by atoms with Crippen LogP contribution in [0.2, 0.25) is 0 Å². The first-order valence-corrected chi connectivity index (χ1v) is 5.34. The molecule has 1 rings (SSSR count). The van der Waals surface area contributed by atoms with Crippen LogP contribution in [-0.2, 0) is 0 Å². The molecule has 0 saturated carbocycles. The number of aromatic hydroxyl groups is 1. The molecule has 0 unspecified atom stereocenters. The fourth-order valence-electron chi connectivity index (χ4n) is 1.61. The second-order valence-electron chi connectivity index (χ2n) is 3.67. The predicted octanol–water partition coefficient (Wildman–Crippen LogP) is 2.21. The molecule has 0 aromatic heterocycles. The van der Waals surface area contributed by atoms with Crippen LogP contribution >= 0.6 is 0 Å². The van der Waals surface area contributed by atoms with Gasteiger partial charge in [0.2, 0.25) is 5.75 Å². The molecule has 16 heavy (non-hydrogen) atoms. The van der Waals surface area contributed by atoms with Gasteiger partial charge in [-0.05, 0) is 24.1 Å². The fourth-order valence-corrected chi connectivity index (χ4v) is 1.61. The Hall–Kier alpha value is -1.42. The summed E-state index contributed by atoms with van der Waals surface area (Å²) in [7, 11) is 3.01. The van der Waals surface area contributed by atoms with Crippen molar-refractivity contribution in [2.75, 3.05) is 14.2 Å². The van der Waals surface area contributed by atoms with Crippen molar-refractivity contribution < 1.29 is 14.6 Å². The summed E-state index contributed by atoms with van der Waals surface area (Å²) in [6.45, 7) is 2.08. The van der Waals surface area contributed by atoms with Crippen LogP contribution < -0.4 is 15.2 Å². The highest BCUT2D eigenvalue weighted by molar-refractivity contribution is 5.53. The minimum Gasteiger partial charge on any atom is -0.502 e. The van der Waals surface area contributed by atoms with E-state index < -0.39 is 0 Å². The van der Waals surface area contributed by atoms with Crippen molar-refractivity contribution in [2.45, 2.75) is 25.8 Å². The van der Waals surface area contributed by atoms with E-state index in [2.05, 4.69) is 6.92 Å². The molecule has 0 spiro atoms. The van der Waals surface area contributed by atoms with Gasteiger partial charge < -0.3 is 20.3 Å². The number of benzene rings is 1. The number of ether oxygens (including phenoxy) is 2. The Morgan fingerprint density at radius 2 is 1.75 bits per heavy atom. The van der Waals surface area contributed by atoms with Crippen molar-refractivity contribution in [2.24, 2.45) is 5.73 Å². The van der Waals surface area contributed by atoms with Crippen molar-refractivity contribution in [3.63, 3.8) is 0 Å². The number of phenols is 1. The van der Waals surface area contributed by atoms with Gasteiger partial charge in [0, 0.05) is 6.04 Å².